The number of halogens is 1. The van der Waals surface area contributed by atoms with Crippen molar-refractivity contribution in [2.45, 2.75) is 6.54 Å². The first kappa shape index (κ1) is 14.4. The predicted octanol–water partition coefficient (Wildman–Crippen LogP) is 3.97. The van der Waals surface area contributed by atoms with E-state index in [4.69, 9.17) is 10.00 Å². The average molecular weight is 331 g/mol. The number of hydrogen-bond donors (Lipinski definition) is 0. The van der Waals surface area contributed by atoms with Crippen LogP contribution in [0, 0.1) is 11.3 Å². The summed E-state index contributed by atoms with van der Waals surface area (Å²) in [5, 5.41) is 8.95. The summed E-state index contributed by atoms with van der Waals surface area (Å²) in [7, 11) is 3.66. The molecule has 102 valence electrons. The van der Waals surface area contributed by atoms with Gasteiger partial charge >= 0.3 is 0 Å². The predicted molar refractivity (Wildman–Crippen MR) is 84.0 cm³/mol. The van der Waals surface area contributed by atoms with Crippen LogP contribution in [0.25, 0.3) is 0 Å². The van der Waals surface area contributed by atoms with E-state index in [1.165, 1.54) is 0 Å². The highest BCUT2D eigenvalue weighted by atomic mass is 79.9. The van der Waals surface area contributed by atoms with Gasteiger partial charge in [-0.05, 0) is 42.0 Å². The smallest absolute Gasteiger partial charge is 0.119 e. The van der Waals surface area contributed by atoms with E-state index >= 15 is 0 Å². The van der Waals surface area contributed by atoms with E-state index in [-0.39, 0.29) is 0 Å². The average Bonchev–Trinajstić information content (AvgIpc) is 2.49. The zero-order valence-corrected chi connectivity index (χ0v) is 13.0. The van der Waals surface area contributed by atoms with Crippen LogP contribution in [0.1, 0.15) is 11.1 Å². The van der Waals surface area contributed by atoms with Crippen LogP contribution in [0.15, 0.2) is 46.9 Å². The summed E-state index contributed by atoms with van der Waals surface area (Å²) >= 11 is 3.55. The van der Waals surface area contributed by atoms with Gasteiger partial charge < -0.3 is 9.64 Å². The summed E-state index contributed by atoms with van der Waals surface area (Å²) in [5.41, 5.74) is 2.81. The minimum atomic E-state index is 0.666. The first-order valence-electron chi connectivity index (χ1n) is 6.17. The molecule has 0 radical (unpaired) electrons. The molecule has 0 aromatic heterocycles. The maximum absolute atomic E-state index is 8.95. The number of rotatable bonds is 4. The van der Waals surface area contributed by atoms with Crippen molar-refractivity contribution < 1.29 is 4.74 Å². The zero-order chi connectivity index (χ0) is 14.5. The molecule has 0 fully saturated rings. The highest BCUT2D eigenvalue weighted by molar-refractivity contribution is 9.10. The Balaban J connectivity index is 2.23. The Bertz CT molecular complexity index is 649. The summed E-state index contributed by atoms with van der Waals surface area (Å²) in [6.07, 6.45) is 0. The second-order valence-electron chi connectivity index (χ2n) is 4.48. The number of anilines is 1. The van der Waals surface area contributed by atoms with Crippen LogP contribution in [-0.2, 0) is 6.54 Å². The third-order valence-electron chi connectivity index (χ3n) is 3.08. The van der Waals surface area contributed by atoms with E-state index in [1.807, 2.05) is 43.4 Å². The summed E-state index contributed by atoms with van der Waals surface area (Å²) in [4.78, 5) is 2.10. The van der Waals surface area contributed by atoms with E-state index in [1.54, 1.807) is 13.2 Å². The largest absolute Gasteiger partial charge is 0.497 e. The lowest BCUT2D eigenvalue weighted by Crippen LogP contribution is -2.16. The highest BCUT2D eigenvalue weighted by Gasteiger charge is 2.07. The number of nitrogens with zero attached hydrogens (tertiary/aromatic N) is 2. The first-order chi connectivity index (χ1) is 9.63. The summed E-state index contributed by atoms with van der Waals surface area (Å²) in [6.45, 7) is 0.729. The molecule has 0 heterocycles. The Kier molecular flexibility index (Phi) is 4.65. The normalized spacial score (nSPS) is 9.90. The molecule has 3 nitrogen and oxygen atoms in total. The quantitative estimate of drug-likeness (QED) is 0.851. The molecule has 0 saturated heterocycles. The SMILES string of the molecule is COc1ccc(Br)c(CN(C)c2cccc(C#N)c2)c1. The summed E-state index contributed by atoms with van der Waals surface area (Å²) < 4.78 is 6.29. The van der Waals surface area contributed by atoms with Crippen molar-refractivity contribution in [3.8, 4) is 11.8 Å². The lowest BCUT2D eigenvalue weighted by Gasteiger charge is -2.20. The summed E-state index contributed by atoms with van der Waals surface area (Å²) in [5.74, 6) is 0.836. The van der Waals surface area contributed by atoms with Crippen LogP contribution in [-0.4, -0.2) is 14.2 Å². The molecule has 2 aromatic rings. The fraction of sp³-hybridized carbons (Fsp3) is 0.188. The molecular formula is C16H15BrN2O. The Morgan fingerprint density at radius 2 is 2.05 bits per heavy atom. The molecule has 2 rings (SSSR count). The minimum Gasteiger partial charge on any atom is -0.497 e. The Morgan fingerprint density at radius 3 is 2.75 bits per heavy atom. The van der Waals surface area contributed by atoms with Crippen molar-refractivity contribution in [1.82, 2.24) is 0 Å². The third kappa shape index (κ3) is 3.31. The molecular weight excluding hydrogens is 316 g/mol. The van der Waals surface area contributed by atoms with E-state index in [0.717, 1.165) is 28.0 Å². The van der Waals surface area contributed by atoms with Crippen molar-refractivity contribution in [2.24, 2.45) is 0 Å². The number of hydrogen-bond acceptors (Lipinski definition) is 3. The molecule has 0 aliphatic carbocycles. The maximum atomic E-state index is 8.95. The van der Waals surface area contributed by atoms with Crippen molar-refractivity contribution in [3.05, 3.63) is 58.1 Å². The van der Waals surface area contributed by atoms with Gasteiger partial charge in [0.15, 0.2) is 0 Å². The van der Waals surface area contributed by atoms with Crippen LogP contribution >= 0.6 is 15.9 Å². The molecule has 0 saturated carbocycles. The van der Waals surface area contributed by atoms with Crippen LogP contribution in [0.4, 0.5) is 5.69 Å². The topological polar surface area (TPSA) is 36.3 Å². The number of nitriles is 1. The minimum absolute atomic E-state index is 0.666. The van der Waals surface area contributed by atoms with Crippen molar-refractivity contribution in [2.75, 3.05) is 19.1 Å². The molecule has 0 aliphatic rings. The molecule has 0 aliphatic heterocycles. The summed E-state index contributed by atoms with van der Waals surface area (Å²) in [6, 6.07) is 15.6. The third-order valence-corrected chi connectivity index (χ3v) is 3.85. The molecule has 20 heavy (non-hydrogen) atoms. The van der Waals surface area contributed by atoms with Gasteiger partial charge in [-0.3, -0.25) is 0 Å². The Labute approximate surface area is 127 Å². The van der Waals surface area contributed by atoms with E-state index in [9.17, 15) is 0 Å². The van der Waals surface area contributed by atoms with Crippen molar-refractivity contribution >= 4 is 21.6 Å². The van der Waals surface area contributed by atoms with Gasteiger partial charge in [0, 0.05) is 23.8 Å². The standard InChI is InChI=1S/C16H15BrN2O/c1-19(14-5-3-4-12(8-14)10-18)11-13-9-15(20-2)6-7-16(13)17/h3-9H,11H2,1-2H3. The fourth-order valence-corrected chi connectivity index (χ4v) is 2.33. The van der Waals surface area contributed by atoms with Gasteiger partial charge in [0.2, 0.25) is 0 Å². The van der Waals surface area contributed by atoms with Crippen LogP contribution in [0.5, 0.6) is 5.75 Å². The van der Waals surface area contributed by atoms with E-state index in [0.29, 0.717) is 5.56 Å². The van der Waals surface area contributed by atoms with Gasteiger partial charge in [0.25, 0.3) is 0 Å². The van der Waals surface area contributed by atoms with E-state index < -0.39 is 0 Å². The number of benzene rings is 2. The number of methoxy groups -OCH3 is 1. The van der Waals surface area contributed by atoms with Gasteiger partial charge in [0.1, 0.15) is 5.75 Å². The molecule has 0 spiro atoms. The molecule has 0 N–H and O–H groups in total. The van der Waals surface area contributed by atoms with Crippen molar-refractivity contribution in [1.29, 1.82) is 5.26 Å². The molecule has 2 aromatic carbocycles. The Hall–Kier alpha value is -1.99. The van der Waals surface area contributed by atoms with E-state index in [2.05, 4.69) is 26.9 Å². The van der Waals surface area contributed by atoms with Gasteiger partial charge in [-0.1, -0.05) is 22.0 Å². The lowest BCUT2D eigenvalue weighted by molar-refractivity contribution is 0.414. The molecule has 0 amide bonds. The van der Waals surface area contributed by atoms with Gasteiger partial charge in [0.05, 0.1) is 18.7 Å². The molecule has 0 bridgehead atoms. The second-order valence-corrected chi connectivity index (χ2v) is 5.33. The molecule has 4 heteroatoms. The van der Waals surface area contributed by atoms with Crippen LogP contribution in [0.2, 0.25) is 0 Å². The van der Waals surface area contributed by atoms with Gasteiger partial charge in [-0.15, -0.1) is 0 Å². The molecule has 0 atom stereocenters. The lowest BCUT2D eigenvalue weighted by atomic mass is 10.1. The van der Waals surface area contributed by atoms with Gasteiger partial charge in [-0.2, -0.15) is 5.26 Å². The highest BCUT2D eigenvalue weighted by Crippen LogP contribution is 2.25. The van der Waals surface area contributed by atoms with Crippen molar-refractivity contribution in [3.63, 3.8) is 0 Å². The van der Waals surface area contributed by atoms with Gasteiger partial charge in [-0.25, -0.2) is 0 Å². The van der Waals surface area contributed by atoms with Crippen LogP contribution in [0.3, 0.4) is 0 Å². The number of ether oxygens (including phenoxy) is 1. The zero-order valence-electron chi connectivity index (χ0n) is 11.4. The monoisotopic (exact) mass is 330 g/mol. The maximum Gasteiger partial charge on any atom is 0.119 e. The Morgan fingerprint density at radius 1 is 1.25 bits per heavy atom. The van der Waals surface area contributed by atoms with Crippen LogP contribution < -0.4 is 9.64 Å². The fourth-order valence-electron chi connectivity index (χ4n) is 1.96. The first-order valence-corrected chi connectivity index (χ1v) is 6.97. The second kappa shape index (κ2) is 6.44. The molecule has 0 unspecified atom stereocenters.